The van der Waals surface area contributed by atoms with Gasteiger partial charge in [0, 0.05) is 12.6 Å². The molecule has 0 unspecified atom stereocenters. The SMILES string of the molecule is CC(C)[C@H](C(=O)O)N1C(=O)/C(=C2\C(=O)N(C)c3ccccc32)SC1=S. The van der Waals surface area contributed by atoms with Crippen LogP contribution in [-0.2, 0) is 14.4 Å². The van der Waals surface area contributed by atoms with Gasteiger partial charge in [0.25, 0.3) is 11.8 Å². The molecule has 1 aromatic carbocycles. The third-order valence-corrected chi connectivity index (χ3v) is 5.64. The molecule has 1 saturated heterocycles. The minimum atomic E-state index is -1.12. The highest BCUT2D eigenvalue weighted by molar-refractivity contribution is 8.26. The lowest BCUT2D eigenvalue weighted by Gasteiger charge is -2.26. The first-order valence-electron chi connectivity index (χ1n) is 7.65. The zero-order valence-electron chi connectivity index (χ0n) is 13.8. The van der Waals surface area contributed by atoms with Gasteiger partial charge in [-0.25, -0.2) is 4.79 Å². The highest BCUT2D eigenvalue weighted by Gasteiger charge is 2.45. The van der Waals surface area contributed by atoms with Crippen LogP contribution in [0.4, 0.5) is 5.69 Å². The summed E-state index contributed by atoms with van der Waals surface area (Å²) < 4.78 is 0.161. The largest absolute Gasteiger partial charge is 0.480 e. The van der Waals surface area contributed by atoms with E-state index in [1.807, 2.05) is 6.07 Å². The van der Waals surface area contributed by atoms with Crippen molar-refractivity contribution < 1.29 is 19.5 Å². The molecule has 0 radical (unpaired) electrons. The van der Waals surface area contributed by atoms with E-state index in [-0.39, 0.29) is 26.6 Å². The van der Waals surface area contributed by atoms with E-state index in [0.717, 1.165) is 16.7 Å². The van der Waals surface area contributed by atoms with Crippen molar-refractivity contribution in [1.82, 2.24) is 4.90 Å². The Kier molecular flexibility index (Phi) is 4.42. The van der Waals surface area contributed by atoms with Crippen molar-refractivity contribution in [2.75, 3.05) is 11.9 Å². The van der Waals surface area contributed by atoms with Gasteiger partial charge in [-0.05, 0) is 12.0 Å². The molecule has 2 aliphatic rings. The first-order chi connectivity index (χ1) is 11.8. The maximum atomic E-state index is 12.9. The lowest BCUT2D eigenvalue weighted by atomic mass is 10.0. The Labute approximate surface area is 154 Å². The third kappa shape index (κ3) is 2.65. The molecule has 0 spiro atoms. The second-order valence-electron chi connectivity index (χ2n) is 6.16. The molecule has 130 valence electrons. The Bertz CT molecular complexity index is 847. The number of aliphatic carboxylic acids is 1. The fraction of sp³-hybridized carbons (Fsp3) is 0.294. The second-order valence-corrected chi connectivity index (χ2v) is 7.80. The number of amides is 2. The number of rotatable bonds is 3. The molecule has 3 rings (SSSR count). The van der Waals surface area contributed by atoms with Crippen molar-refractivity contribution in [1.29, 1.82) is 0 Å². The third-order valence-electron chi connectivity index (χ3n) is 4.24. The number of thioether (sulfide) groups is 1. The Morgan fingerprint density at radius 1 is 1.20 bits per heavy atom. The van der Waals surface area contributed by atoms with Gasteiger partial charge in [0.15, 0.2) is 0 Å². The number of carbonyl (C=O) groups excluding carboxylic acids is 2. The number of benzene rings is 1. The molecule has 0 saturated carbocycles. The van der Waals surface area contributed by atoms with Crippen molar-refractivity contribution in [2.24, 2.45) is 5.92 Å². The van der Waals surface area contributed by atoms with E-state index < -0.39 is 17.9 Å². The van der Waals surface area contributed by atoms with E-state index >= 15 is 0 Å². The Morgan fingerprint density at radius 3 is 2.44 bits per heavy atom. The van der Waals surface area contributed by atoms with E-state index in [1.54, 1.807) is 39.1 Å². The van der Waals surface area contributed by atoms with Gasteiger partial charge >= 0.3 is 5.97 Å². The van der Waals surface area contributed by atoms with Crippen molar-refractivity contribution in [3.05, 3.63) is 34.7 Å². The summed E-state index contributed by atoms with van der Waals surface area (Å²) in [5.41, 5.74) is 1.66. The van der Waals surface area contributed by atoms with Crippen LogP contribution in [0.3, 0.4) is 0 Å². The average Bonchev–Trinajstić information content (AvgIpc) is 2.96. The summed E-state index contributed by atoms with van der Waals surface area (Å²) >= 11 is 6.25. The number of nitrogens with zero attached hydrogens (tertiary/aromatic N) is 2. The molecule has 25 heavy (non-hydrogen) atoms. The van der Waals surface area contributed by atoms with Gasteiger partial charge in [0.05, 0.1) is 16.2 Å². The van der Waals surface area contributed by atoms with E-state index in [4.69, 9.17) is 12.2 Å². The van der Waals surface area contributed by atoms with Crippen LogP contribution in [0, 0.1) is 5.92 Å². The molecular weight excluding hydrogens is 360 g/mol. The molecular formula is C17H16N2O4S2. The van der Waals surface area contributed by atoms with E-state index in [2.05, 4.69) is 0 Å². The van der Waals surface area contributed by atoms with Crippen LogP contribution in [0.5, 0.6) is 0 Å². The van der Waals surface area contributed by atoms with Crippen LogP contribution >= 0.6 is 24.0 Å². The molecule has 0 aliphatic carbocycles. The topological polar surface area (TPSA) is 77.9 Å². The summed E-state index contributed by atoms with van der Waals surface area (Å²) in [5.74, 6) is -2.26. The van der Waals surface area contributed by atoms with Crippen molar-refractivity contribution >= 4 is 57.3 Å². The Morgan fingerprint density at radius 2 is 1.84 bits per heavy atom. The summed E-state index contributed by atoms with van der Waals surface area (Å²) in [6.07, 6.45) is 0. The first-order valence-corrected chi connectivity index (χ1v) is 8.88. The number of carboxylic acids is 1. The van der Waals surface area contributed by atoms with Gasteiger partial charge in [0.2, 0.25) is 0 Å². The second kappa shape index (κ2) is 6.27. The number of hydrogen-bond donors (Lipinski definition) is 1. The number of fused-ring (bicyclic) bond motifs is 1. The number of carbonyl (C=O) groups is 3. The van der Waals surface area contributed by atoms with Crippen molar-refractivity contribution in [2.45, 2.75) is 19.9 Å². The lowest BCUT2D eigenvalue weighted by Crippen LogP contribution is -2.47. The van der Waals surface area contributed by atoms with Gasteiger partial charge in [-0.15, -0.1) is 0 Å². The van der Waals surface area contributed by atoms with E-state index in [1.165, 1.54) is 4.90 Å². The Balaban J connectivity index is 2.13. The molecule has 1 N–H and O–H groups in total. The molecule has 0 aromatic heterocycles. The number of para-hydroxylation sites is 1. The van der Waals surface area contributed by atoms with E-state index in [0.29, 0.717) is 11.3 Å². The molecule has 6 nitrogen and oxygen atoms in total. The average molecular weight is 376 g/mol. The maximum Gasteiger partial charge on any atom is 0.327 e. The summed E-state index contributed by atoms with van der Waals surface area (Å²) in [5, 5.41) is 9.49. The summed E-state index contributed by atoms with van der Waals surface area (Å²) in [4.78, 5) is 40.0. The van der Waals surface area contributed by atoms with E-state index in [9.17, 15) is 19.5 Å². The fourth-order valence-corrected chi connectivity index (χ4v) is 4.45. The molecule has 1 atom stereocenters. The van der Waals surface area contributed by atoms with Gasteiger partial charge in [0.1, 0.15) is 10.4 Å². The van der Waals surface area contributed by atoms with Crippen LogP contribution in [0.15, 0.2) is 29.2 Å². The molecule has 1 aromatic rings. The van der Waals surface area contributed by atoms with Gasteiger partial charge < -0.3 is 10.0 Å². The molecule has 1 fully saturated rings. The standard InChI is InChI=1S/C17H16N2O4S2/c1-8(2)12(16(22)23)19-15(21)13(25-17(19)24)11-9-6-4-5-7-10(9)18(3)14(11)20/h4-8,12H,1-3H3,(H,22,23)/b13-11+/t12-/m1/s1. The molecule has 2 heterocycles. The summed E-state index contributed by atoms with van der Waals surface area (Å²) in [7, 11) is 1.64. The number of anilines is 1. The van der Waals surface area contributed by atoms with Crippen LogP contribution in [0.25, 0.3) is 5.57 Å². The zero-order chi connectivity index (χ0) is 18.5. The van der Waals surface area contributed by atoms with Crippen molar-refractivity contribution in [3.63, 3.8) is 0 Å². The Hall–Kier alpha value is -2.19. The number of carboxylic acid groups (broad SMARTS) is 1. The first kappa shape index (κ1) is 17.6. The summed E-state index contributed by atoms with van der Waals surface area (Å²) in [6, 6.07) is 6.12. The highest BCUT2D eigenvalue weighted by Crippen LogP contribution is 2.44. The zero-order valence-corrected chi connectivity index (χ0v) is 15.5. The predicted octanol–water partition coefficient (Wildman–Crippen LogP) is 2.34. The van der Waals surface area contributed by atoms with Crippen LogP contribution in [-0.4, -0.2) is 45.2 Å². The molecule has 8 heteroatoms. The normalized spacial score (nSPS) is 21.4. The molecule has 2 amide bonds. The quantitative estimate of drug-likeness (QED) is 0.644. The van der Waals surface area contributed by atoms with Crippen molar-refractivity contribution in [3.8, 4) is 0 Å². The summed E-state index contributed by atoms with van der Waals surface area (Å²) in [6.45, 7) is 3.43. The number of thiocarbonyl (C=S) groups is 1. The maximum absolute atomic E-state index is 12.9. The molecule has 2 aliphatic heterocycles. The predicted molar refractivity (Wildman–Crippen MR) is 100 cm³/mol. The van der Waals surface area contributed by atoms with Gasteiger partial charge in [-0.3, -0.25) is 14.5 Å². The van der Waals surface area contributed by atoms with Gasteiger partial charge in [-0.2, -0.15) is 0 Å². The smallest absolute Gasteiger partial charge is 0.327 e. The minimum Gasteiger partial charge on any atom is -0.480 e. The van der Waals surface area contributed by atoms with Crippen LogP contribution < -0.4 is 4.90 Å². The lowest BCUT2D eigenvalue weighted by molar-refractivity contribution is -0.146. The minimum absolute atomic E-state index is 0.161. The van der Waals surface area contributed by atoms with Crippen LogP contribution in [0.1, 0.15) is 19.4 Å². The number of hydrogen-bond acceptors (Lipinski definition) is 5. The monoisotopic (exact) mass is 376 g/mol. The van der Waals surface area contributed by atoms with Crippen LogP contribution in [0.2, 0.25) is 0 Å². The van der Waals surface area contributed by atoms with Gasteiger partial charge in [-0.1, -0.05) is 56.0 Å². The highest BCUT2D eigenvalue weighted by atomic mass is 32.2. The number of likely N-dealkylation sites (N-methyl/N-ethyl adjacent to an activating group) is 1. The fourth-order valence-electron chi connectivity index (χ4n) is 3.05. The molecule has 0 bridgehead atoms.